The van der Waals surface area contributed by atoms with Crippen molar-refractivity contribution in [2.24, 2.45) is 7.05 Å². The van der Waals surface area contributed by atoms with Crippen LogP contribution in [0.15, 0.2) is 64.6 Å². The topological polar surface area (TPSA) is 82.7 Å². The molecule has 0 aliphatic heterocycles. The number of hydrogen-bond donors (Lipinski definition) is 0. The fourth-order valence-electron chi connectivity index (χ4n) is 3.06. The summed E-state index contributed by atoms with van der Waals surface area (Å²) >= 11 is 0. The molecule has 0 atom stereocenters. The molecule has 7 heteroatoms. The minimum atomic E-state index is -0.409. The van der Waals surface area contributed by atoms with Gasteiger partial charge in [0.25, 0.3) is 5.56 Å². The lowest BCUT2D eigenvalue weighted by atomic mass is 10.1. The Hall–Kier alpha value is -3.61. The first-order valence-electron chi connectivity index (χ1n) is 8.47. The lowest BCUT2D eigenvalue weighted by molar-refractivity contribution is 0.656. The van der Waals surface area contributed by atoms with E-state index in [0.717, 1.165) is 16.7 Å². The molecule has 0 bridgehead atoms. The standard InChI is InChI=1S/C20H17N5O2/c1-13-4-3-5-14(10-13)12-25-19(26)16-11-22-17(15-6-8-21-9-7-15)23-18(16)24(2)20(25)27/h3-11H,12H2,1-2H3. The summed E-state index contributed by atoms with van der Waals surface area (Å²) in [7, 11) is 1.61. The van der Waals surface area contributed by atoms with E-state index in [2.05, 4.69) is 15.0 Å². The molecule has 0 spiro atoms. The van der Waals surface area contributed by atoms with Crippen molar-refractivity contribution < 1.29 is 0 Å². The highest BCUT2D eigenvalue weighted by atomic mass is 16.2. The Morgan fingerprint density at radius 3 is 2.59 bits per heavy atom. The number of nitrogens with zero attached hydrogens (tertiary/aromatic N) is 5. The molecule has 134 valence electrons. The van der Waals surface area contributed by atoms with Crippen LogP contribution in [-0.2, 0) is 13.6 Å². The summed E-state index contributed by atoms with van der Waals surface area (Å²) in [5.74, 6) is 0.440. The fraction of sp³-hybridized carbons (Fsp3) is 0.150. The highest BCUT2D eigenvalue weighted by molar-refractivity contribution is 5.75. The number of hydrogen-bond acceptors (Lipinski definition) is 5. The average Bonchev–Trinajstić information content (AvgIpc) is 2.70. The maximum atomic E-state index is 12.9. The van der Waals surface area contributed by atoms with Gasteiger partial charge in [0.2, 0.25) is 0 Å². The second-order valence-electron chi connectivity index (χ2n) is 6.39. The zero-order valence-corrected chi connectivity index (χ0v) is 15.0. The molecular formula is C20H17N5O2. The summed E-state index contributed by atoms with van der Waals surface area (Å²) in [5, 5.41) is 0.308. The molecule has 0 saturated heterocycles. The summed E-state index contributed by atoms with van der Waals surface area (Å²) in [4.78, 5) is 38.4. The predicted octanol–water partition coefficient (Wildman–Crippen LogP) is 1.91. The normalized spacial score (nSPS) is 11.0. The molecule has 0 N–H and O–H groups in total. The van der Waals surface area contributed by atoms with Crippen LogP contribution in [0.1, 0.15) is 11.1 Å². The van der Waals surface area contributed by atoms with Crippen LogP contribution in [0.25, 0.3) is 22.4 Å². The molecule has 0 saturated carbocycles. The fourth-order valence-corrected chi connectivity index (χ4v) is 3.06. The summed E-state index contributed by atoms with van der Waals surface area (Å²) in [6.07, 6.45) is 4.76. The minimum Gasteiger partial charge on any atom is -0.280 e. The number of aromatic nitrogens is 5. The predicted molar refractivity (Wildman–Crippen MR) is 103 cm³/mol. The van der Waals surface area contributed by atoms with E-state index in [1.165, 1.54) is 15.3 Å². The second-order valence-corrected chi connectivity index (χ2v) is 6.39. The Morgan fingerprint density at radius 2 is 1.85 bits per heavy atom. The molecule has 4 rings (SSSR count). The van der Waals surface area contributed by atoms with Crippen molar-refractivity contribution in [2.45, 2.75) is 13.5 Å². The van der Waals surface area contributed by atoms with Crippen molar-refractivity contribution in [3.63, 3.8) is 0 Å². The Bertz CT molecular complexity index is 1260. The average molecular weight is 359 g/mol. The van der Waals surface area contributed by atoms with Crippen LogP contribution in [0.3, 0.4) is 0 Å². The van der Waals surface area contributed by atoms with Gasteiger partial charge in [-0.3, -0.25) is 18.9 Å². The third-order valence-electron chi connectivity index (χ3n) is 4.44. The molecule has 0 amide bonds. The lowest BCUT2D eigenvalue weighted by Gasteiger charge is -2.11. The minimum absolute atomic E-state index is 0.204. The van der Waals surface area contributed by atoms with E-state index in [4.69, 9.17) is 0 Å². The SMILES string of the molecule is Cc1cccc(Cn2c(=O)c3cnc(-c4ccncc4)nc3n(C)c2=O)c1. The van der Waals surface area contributed by atoms with Gasteiger partial charge in [-0.1, -0.05) is 29.8 Å². The van der Waals surface area contributed by atoms with Crippen molar-refractivity contribution in [1.82, 2.24) is 24.1 Å². The van der Waals surface area contributed by atoms with E-state index in [9.17, 15) is 9.59 Å². The molecule has 1 aromatic carbocycles. The first kappa shape index (κ1) is 16.8. The first-order valence-corrected chi connectivity index (χ1v) is 8.47. The van der Waals surface area contributed by atoms with Gasteiger partial charge in [0, 0.05) is 31.2 Å². The number of aryl methyl sites for hydroxylation is 2. The van der Waals surface area contributed by atoms with Crippen LogP contribution in [-0.4, -0.2) is 24.1 Å². The highest BCUT2D eigenvalue weighted by Crippen LogP contribution is 2.15. The van der Waals surface area contributed by atoms with Gasteiger partial charge < -0.3 is 0 Å². The van der Waals surface area contributed by atoms with Crippen molar-refractivity contribution in [3.05, 3.63) is 87.0 Å². The molecule has 27 heavy (non-hydrogen) atoms. The van der Waals surface area contributed by atoms with Crippen LogP contribution in [0.5, 0.6) is 0 Å². The van der Waals surface area contributed by atoms with Gasteiger partial charge in [-0.15, -0.1) is 0 Å². The van der Waals surface area contributed by atoms with Crippen LogP contribution < -0.4 is 11.2 Å². The van der Waals surface area contributed by atoms with Gasteiger partial charge >= 0.3 is 5.69 Å². The van der Waals surface area contributed by atoms with Crippen molar-refractivity contribution >= 4 is 11.0 Å². The Kier molecular flexibility index (Phi) is 4.12. The molecule has 0 unspecified atom stereocenters. The van der Waals surface area contributed by atoms with E-state index < -0.39 is 11.2 Å². The van der Waals surface area contributed by atoms with E-state index >= 15 is 0 Å². The van der Waals surface area contributed by atoms with Gasteiger partial charge in [0.15, 0.2) is 11.5 Å². The van der Waals surface area contributed by atoms with Gasteiger partial charge in [-0.05, 0) is 24.6 Å². The second kappa shape index (κ2) is 6.60. The number of fused-ring (bicyclic) bond motifs is 1. The third-order valence-corrected chi connectivity index (χ3v) is 4.44. The van der Waals surface area contributed by atoms with Gasteiger partial charge in [0.1, 0.15) is 5.39 Å². The van der Waals surface area contributed by atoms with Crippen molar-refractivity contribution in [2.75, 3.05) is 0 Å². The Labute approximate surface area is 154 Å². The Morgan fingerprint density at radius 1 is 1.07 bits per heavy atom. The van der Waals surface area contributed by atoms with Gasteiger partial charge in [-0.2, -0.15) is 0 Å². The van der Waals surface area contributed by atoms with Crippen LogP contribution >= 0.6 is 0 Å². The van der Waals surface area contributed by atoms with E-state index in [1.54, 1.807) is 31.6 Å². The molecular weight excluding hydrogens is 342 g/mol. The van der Waals surface area contributed by atoms with E-state index in [0.29, 0.717) is 16.9 Å². The zero-order valence-electron chi connectivity index (χ0n) is 15.0. The molecule has 4 aromatic rings. The number of rotatable bonds is 3. The molecule has 0 fully saturated rings. The number of benzene rings is 1. The lowest BCUT2D eigenvalue weighted by Crippen LogP contribution is -2.39. The van der Waals surface area contributed by atoms with E-state index in [-0.39, 0.29) is 6.54 Å². The maximum Gasteiger partial charge on any atom is 0.332 e. The highest BCUT2D eigenvalue weighted by Gasteiger charge is 2.14. The molecule has 0 radical (unpaired) electrons. The Balaban J connectivity index is 1.89. The first-order chi connectivity index (χ1) is 13.0. The zero-order chi connectivity index (χ0) is 19.0. The number of pyridine rings is 1. The van der Waals surface area contributed by atoms with Crippen molar-refractivity contribution in [3.8, 4) is 11.4 Å². The van der Waals surface area contributed by atoms with Crippen LogP contribution in [0.4, 0.5) is 0 Å². The van der Waals surface area contributed by atoms with Crippen LogP contribution in [0, 0.1) is 6.92 Å². The molecule has 3 aromatic heterocycles. The third kappa shape index (κ3) is 3.03. The largest absolute Gasteiger partial charge is 0.332 e. The molecule has 0 aliphatic rings. The van der Waals surface area contributed by atoms with Gasteiger partial charge in [-0.25, -0.2) is 14.8 Å². The van der Waals surface area contributed by atoms with Crippen molar-refractivity contribution in [1.29, 1.82) is 0 Å². The smallest absolute Gasteiger partial charge is 0.280 e. The quantitative estimate of drug-likeness (QED) is 0.558. The summed E-state index contributed by atoms with van der Waals surface area (Å²) in [5.41, 5.74) is 2.24. The summed E-state index contributed by atoms with van der Waals surface area (Å²) in [6.45, 7) is 2.18. The summed E-state index contributed by atoms with van der Waals surface area (Å²) < 4.78 is 2.60. The van der Waals surface area contributed by atoms with Gasteiger partial charge in [0.05, 0.1) is 6.54 Å². The molecule has 7 nitrogen and oxygen atoms in total. The molecule has 3 heterocycles. The monoisotopic (exact) mass is 359 g/mol. The maximum absolute atomic E-state index is 12.9. The summed E-state index contributed by atoms with van der Waals surface area (Å²) in [6, 6.07) is 11.3. The van der Waals surface area contributed by atoms with E-state index in [1.807, 2.05) is 31.2 Å². The van der Waals surface area contributed by atoms with Crippen LogP contribution in [0.2, 0.25) is 0 Å². The molecule has 0 aliphatic carbocycles.